The Morgan fingerprint density at radius 1 is 0.966 bits per heavy atom. The Bertz CT molecular complexity index is 1140. The Morgan fingerprint density at radius 3 is 2.66 bits per heavy atom. The van der Waals surface area contributed by atoms with Crippen LogP contribution in [0.4, 0.5) is 0 Å². The lowest BCUT2D eigenvalue weighted by atomic mass is 10.1. The molecular formula is C24H21N3O2. The van der Waals surface area contributed by atoms with Gasteiger partial charge in [-0.15, -0.1) is 0 Å². The Balaban J connectivity index is 1.64. The third-order valence-electron chi connectivity index (χ3n) is 4.55. The first-order valence-corrected chi connectivity index (χ1v) is 9.55. The van der Waals surface area contributed by atoms with E-state index in [0.29, 0.717) is 24.4 Å². The highest BCUT2D eigenvalue weighted by Crippen LogP contribution is 2.24. The predicted molar refractivity (Wildman–Crippen MR) is 114 cm³/mol. The molecule has 2 aromatic carbocycles. The fourth-order valence-electron chi connectivity index (χ4n) is 3.20. The van der Waals surface area contributed by atoms with Gasteiger partial charge in [0.15, 0.2) is 0 Å². The van der Waals surface area contributed by atoms with Crippen molar-refractivity contribution in [1.29, 1.82) is 0 Å². The van der Waals surface area contributed by atoms with Crippen LogP contribution in [0.15, 0.2) is 79.0 Å². The zero-order chi connectivity index (χ0) is 20.1. The van der Waals surface area contributed by atoms with Crippen LogP contribution in [0.2, 0.25) is 0 Å². The van der Waals surface area contributed by atoms with Gasteiger partial charge >= 0.3 is 0 Å². The summed E-state index contributed by atoms with van der Waals surface area (Å²) in [4.78, 5) is 22.1. The van der Waals surface area contributed by atoms with Crippen molar-refractivity contribution in [2.75, 3.05) is 6.61 Å². The number of carbonyl (C=O) groups excluding carboxylic acids is 1. The maximum Gasteiger partial charge on any atom is 0.252 e. The second kappa shape index (κ2) is 8.52. The Hall–Kier alpha value is -3.73. The van der Waals surface area contributed by atoms with Crippen LogP contribution >= 0.6 is 0 Å². The second-order valence-corrected chi connectivity index (χ2v) is 6.55. The van der Waals surface area contributed by atoms with Crippen molar-refractivity contribution in [3.63, 3.8) is 0 Å². The van der Waals surface area contributed by atoms with Crippen molar-refractivity contribution in [3.05, 3.63) is 90.1 Å². The molecule has 0 fully saturated rings. The molecule has 0 radical (unpaired) electrons. The van der Waals surface area contributed by atoms with Gasteiger partial charge in [-0.25, -0.2) is 4.98 Å². The molecule has 0 saturated carbocycles. The van der Waals surface area contributed by atoms with Gasteiger partial charge in [0.2, 0.25) is 0 Å². The summed E-state index contributed by atoms with van der Waals surface area (Å²) in [5, 5.41) is 3.83. The molecule has 1 amide bonds. The molecule has 0 atom stereocenters. The Labute approximate surface area is 169 Å². The van der Waals surface area contributed by atoms with E-state index in [-0.39, 0.29) is 5.91 Å². The maximum absolute atomic E-state index is 13.0. The summed E-state index contributed by atoms with van der Waals surface area (Å²) < 4.78 is 5.53. The highest BCUT2D eigenvalue weighted by atomic mass is 16.5. The van der Waals surface area contributed by atoms with Crippen LogP contribution in [0.5, 0.6) is 5.75 Å². The zero-order valence-electron chi connectivity index (χ0n) is 16.1. The van der Waals surface area contributed by atoms with Crippen LogP contribution in [0.3, 0.4) is 0 Å². The molecule has 4 rings (SSSR count). The van der Waals surface area contributed by atoms with E-state index >= 15 is 0 Å². The molecule has 0 spiro atoms. The topological polar surface area (TPSA) is 64.1 Å². The minimum absolute atomic E-state index is 0.150. The standard InChI is InChI=1S/C24H21N3O2/c1-2-29-18-9-7-8-17(14-18)16-26-24(28)20-15-23(22-12-5-6-13-25-22)27-21-11-4-3-10-19(20)21/h3-15H,2,16H2,1H3,(H,26,28). The molecule has 0 aliphatic rings. The van der Waals surface area contributed by atoms with Crippen LogP contribution < -0.4 is 10.1 Å². The lowest BCUT2D eigenvalue weighted by Crippen LogP contribution is -2.23. The summed E-state index contributed by atoms with van der Waals surface area (Å²) >= 11 is 0. The Morgan fingerprint density at radius 2 is 1.83 bits per heavy atom. The van der Waals surface area contributed by atoms with Crippen molar-refractivity contribution in [2.45, 2.75) is 13.5 Å². The number of para-hydroxylation sites is 1. The number of aromatic nitrogens is 2. The first-order chi connectivity index (χ1) is 14.2. The van der Waals surface area contributed by atoms with Gasteiger partial charge in [0.25, 0.3) is 5.91 Å². The molecule has 5 heteroatoms. The quantitative estimate of drug-likeness (QED) is 0.527. The van der Waals surface area contributed by atoms with Gasteiger partial charge < -0.3 is 10.1 Å². The van der Waals surface area contributed by atoms with Crippen LogP contribution in [0, 0.1) is 0 Å². The number of fused-ring (bicyclic) bond motifs is 1. The van der Waals surface area contributed by atoms with Crippen molar-refractivity contribution in [2.24, 2.45) is 0 Å². The molecule has 0 saturated heterocycles. The highest BCUT2D eigenvalue weighted by molar-refractivity contribution is 6.07. The normalized spacial score (nSPS) is 10.7. The van der Waals surface area contributed by atoms with Crippen LogP contribution in [-0.2, 0) is 6.54 Å². The molecule has 2 aromatic heterocycles. The summed E-state index contributed by atoms with van der Waals surface area (Å²) in [6.07, 6.45) is 1.72. The van der Waals surface area contributed by atoms with Crippen LogP contribution in [-0.4, -0.2) is 22.5 Å². The van der Waals surface area contributed by atoms with Crippen LogP contribution in [0.1, 0.15) is 22.8 Å². The minimum Gasteiger partial charge on any atom is -0.494 e. The molecule has 29 heavy (non-hydrogen) atoms. The lowest BCUT2D eigenvalue weighted by molar-refractivity contribution is 0.0952. The number of carbonyl (C=O) groups is 1. The van der Waals surface area contributed by atoms with Crippen LogP contribution in [0.25, 0.3) is 22.3 Å². The van der Waals surface area contributed by atoms with Gasteiger partial charge in [0.05, 0.1) is 29.1 Å². The van der Waals surface area contributed by atoms with Gasteiger partial charge in [-0.05, 0) is 48.9 Å². The summed E-state index contributed by atoms with van der Waals surface area (Å²) in [5.41, 5.74) is 3.73. The number of nitrogens with one attached hydrogen (secondary N) is 1. The smallest absolute Gasteiger partial charge is 0.252 e. The number of rotatable bonds is 6. The van der Waals surface area contributed by atoms with Crippen molar-refractivity contribution in [3.8, 4) is 17.1 Å². The Kier molecular flexibility index (Phi) is 5.47. The fourth-order valence-corrected chi connectivity index (χ4v) is 3.20. The van der Waals surface area contributed by atoms with E-state index < -0.39 is 0 Å². The summed E-state index contributed by atoms with van der Waals surface area (Å²) in [5.74, 6) is 0.647. The molecule has 1 N–H and O–H groups in total. The molecular weight excluding hydrogens is 362 g/mol. The summed E-state index contributed by atoms with van der Waals surface area (Å²) in [6, 6.07) is 22.8. The van der Waals surface area contributed by atoms with Crippen molar-refractivity contribution < 1.29 is 9.53 Å². The number of ether oxygens (including phenoxy) is 1. The van der Waals surface area contributed by atoms with Gasteiger partial charge in [-0.2, -0.15) is 0 Å². The van der Waals surface area contributed by atoms with Gasteiger partial charge in [0, 0.05) is 18.1 Å². The molecule has 5 nitrogen and oxygen atoms in total. The van der Waals surface area contributed by atoms with E-state index in [2.05, 4.69) is 15.3 Å². The second-order valence-electron chi connectivity index (χ2n) is 6.55. The minimum atomic E-state index is -0.150. The van der Waals surface area contributed by atoms with Gasteiger partial charge in [0.1, 0.15) is 5.75 Å². The summed E-state index contributed by atoms with van der Waals surface area (Å²) in [7, 11) is 0. The van der Waals surface area contributed by atoms with E-state index in [0.717, 1.165) is 27.9 Å². The van der Waals surface area contributed by atoms with E-state index in [9.17, 15) is 4.79 Å². The number of amides is 1. The molecule has 0 unspecified atom stereocenters. The average molecular weight is 383 g/mol. The number of hydrogen-bond donors (Lipinski definition) is 1. The monoisotopic (exact) mass is 383 g/mol. The molecule has 144 valence electrons. The lowest BCUT2D eigenvalue weighted by Gasteiger charge is -2.11. The molecule has 0 bridgehead atoms. The average Bonchev–Trinajstić information content (AvgIpc) is 2.78. The first kappa shape index (κ1) is 18.6. The third-order valence-corrected chi connectivity index (χ3v) is 4.55. The van der Waals surface area contributed by atoms with Crippen molar-refractivity contribution >= 4 is 16.8 Å². The predicted octanol–water partition coefficient (Wildman–Crippen LogP) is 4.63. The number of pyridine rings is 2. The summed E-state index contributed by atoms with van der Waals surface area (Å²) in [6.45, 7) is 2.96. The van der Waals surface area contributed by atoms with E-state index in [1.54, 1.807) is 12.3 Å². The van der Waals surface area contributed by atoms with Crippen molar-refractivity contribution in [1.82, 2.24) is 15.3 Å². The number of benzene rings is 2. The molecule has 4 aromatic rings. The molecule has 0 aliphatic carbocycles. The van der Waals surface area contributed by atoms with Gasteiger partial charge in [-0.3, -0.25) is 9.78 Å². The van der Waals surface area contributed by atoms with E-state index in [4.69, 9.17) is 4.74 Å². The third kappa shape index (κ3) is 4.24. The van der Waals surface area contributed by atoms with E-state index in [1.807, 2.05) is 73.7 Å². The highest BCUT2D eigenvalue weighted by Gasteiger charge is 2.14. The maximum atomic E-state index is 13.0. The first-order valence-electron chi connectivity index (χ1n) is 9.55. The molecule has 2 heterocycles. The van der Waals surface area contributed by atoms with Gasteiger partial charge in [-0.1, -0.05) is 36.4 Å². The fraction of sp³-hybridized carbons (Fsp3) is 0.125. The number of hydrogen-bond acceptors (Lipinski definition) is 4. The van der Waals surface area contributed by atoms with E-state index in [1.165, 1.54) is 0 Å². The number of nitrogens with zero attached hydrogens (tertiary/aromatic N) is 2. The SMILES string of the molecule is CCOc1cccc(CNC(=O)c2cc(-c3ccccn3)nc3ccccc23)c1. The molecule has 0 aliphatic heterocycles. The zero-order valence-corrected chi connectivity index (χ0v) is 16.1. The largest absolute Gasteiger partial charge is 0.494 e.